The summed E-state index contributed by atoms with van der Waals surface area (Å²) >= 11 is 6.01. The van der Waals surface area contributed by atoms with Gasteiger partial charge in [0.25, 0.3) is 0 Å². The molecular formula is C21H25ClIN5O2. The fraction of sp³-hybridized carbons (Fsp3) is 0.286. The second kappa shape index (κ2) is 12.5. The molecule has 7 nitrogen and oxygen atoms in total. The zero-order chi connectivity index (χ0) is 20.5. The first kappa shape index (κ1) is 24.1. The van der Waals surface area contributed by atoms with Gasteiger partial charge in [0.15, 0.2) is 5.96 Å². The highest BCUT2D eigenvalue weighted by molar-refractivity contribution is 14.0. The topological polar surface area (TPSA) is 95.6 Å². The summed E-state index contributed by atoms with van der Waals surface area (Å²) in [6.07, 6.45) is 0.552. The van der Waals surface area contributed by atoms with Crippen LogP contribution in [0.1, 0.15) is 17.4 Å². The minimum atomic E-state index is -0.00838. The summed E-state index contributed by atoms with van der Waals surface area (Å²) in [6.45, 7) is 1.20. The first-order valence-electron chi connectivity index (χ1n) is 9.38. The Hall–Kier alpha value is -2.17. The summed E-state index contributed by atoms with van der Waals surface area (Å²) in [7, 11) is 1.70. The SMILES string of the molecule is CN=C(NCCc1nc(-c2cccc(Cl)c2)no1)NCC(CO)c1ccccc1.I. The van der Waals surface area contributed by atoms with E-state index in [1.54, 1.807) is 19.2 Å². The maximum Gasteiger partial charge on any atom is 0.228 e. The number of benzene rings is 2. The van der Waals surface area contributed by atoms with Crippen LogP contribution in [0.3, 0.4) is 0 Å². The zero-order valence-corrected chi connectivity index (χ0v) is 19.7. The minimum Gasteiger partial charge on any atom is -0.396 e. The number of nitrogens with one attached hydrogen (secondary N) is 2. The third-order valence-electron chi connectivity index (χ3n) is 4.41. The van der Waals surface area contributed by atoms with Gasteiger partial charge in [0.05, 0.1) is 6.61 Å². The van der Waals surface area contributed by atoms with Crippen LogP contribution in [0.4, 0.5) is 0 Å². The number of aliphatic hydroxyl groups is 1. The number of hydrogen-bond acceptors (Lipinski definition) is 5. The molecule has 0 aliphatic heterocycles. The average molecular weight is 542 g/mol. The normalized spacial score (nSPS) is 12.2. The van der Waals surface area contributed by atoms with Crippen LogP contribution >= 0.6 is 35.6 Å². The van der Waals surface area contributed by atoms with Gasteiger partial charge < -0.3 is 20.3 Å². The summed E-state index contributed by atoms with van der Waals surface area (Å²) < 4.78 is 5.31. The standard InChI is InChI=1S/C21H24ClN5O2.HI/c1-23-21(25-13-17(14-28)15-6-3-2-4-7-15)24-11-10-19-26-20(27-29-19)16-8-5-9-18(22)12-16;/h2-9,12,17,28H,10-11,13-14H2,1H3,(H2,23,24,25);1H. The maximum absolute atomic E-state index is 9.67. The summed E-state index contributed by atoms with van der Waals surface area (Å²) in [5.74, 6) is 1.68. The van der Waals surface area contributed by atoms with Crippen LogP contribution in [0.25, 0.3) is 11.4 Å². The van der Waals surface area contributed by atoms with E-state index in [1.165, 1.54) is 0 Å². The Kier molecular flexibility index (Phi) is 10.0. The Morgan fingerprint density at radius 2 is 1.97 bits per heavy atom. The molecule has 1 aromatic heterocycles. The third-order valence-corrected chi connectivity index (χ3v) is 4.65. The molecule has 0 spiro atoms. The van der Waals surface area contributed by atoms with Gasteiger partial charge in [-0.2, -0.15) is 4.98 Å². The van der Waals surface area contributed by atoms with Crippen molar-refractivity contribution in [1.29, 1.82) is 0 Å². The zero-order valence-electron chi connectivity index (χ0n) is 16.6. The second-order valence-corrected chi connectivity index (χ2v) is 6.88. The number of hydrogen-bond donors (Lipinski definition) is 3. The highest BCUT2D eigenvalue weighted by Gasteiger charge is 2.12. The largest absolute Gasteiger partial charge is 0.396 e. The fourth-order valence-corrected chi connectivity index (χ4v) is 3.03. The van der Waals surface area contributed by atoms with Crippen molar-refractivity contribution in [3.63, 3.8) is 0 Å². The molecule has 0 aliphatic carbocycles. The molecule has 160 valence electrons. The Labute approximate surface area is 198 Å². The van der Waals surface area contributed by atoms with Crippen LogP contribution in [-0.2, 0) is 6.42 Å². The molecule has 1 unspecified atom stereocenters. The molecule has 0 saturated heterocycles. The average Bonchev–Trinajstić information content (AvgIpc) is 3.22. The molecule has 9 heteroatoms. The molecule has 2 aromatic carbocycles. The molecule has 3 N–H and O–H groups in total. The lowest BCUT2D eigenvalue weighted by molar-refractivity contribution is 0.265. The number of aliphatic hydroxyl groups excluding tert-OH is 1. The number of nitrogens with zero attached hydrogens (tertiary/aromatic N) is 3. The van der Waals surface area contributed by atoms with E-state index in [9.17, 15) is 5.11 Å². The van der Waals surface area contributed by atoms with Crippen molar-refractivity contribution >= 4 is 41.5 Å². The van der Waals surface area contributed by atoms with Gasteiger partial charge in [-0.05, 0) is 17.7 Å². The number of guanidine groups is 1. The molecule has 3 rings (SSSR count). The number of aromatic nitrogens is 2. The van der Waals surface area contributed by atoms with Crippen LogP contribution in [0.2, 0.25) is 5.02 Å². The Balaban J connectivity index is 0.00000320. The van der Waals surface area contributed by atoms with Crippen LogP contribution in [-0.4, -0.2) is 48.0 Å². The molecule has 1 atom stereocenters. The van der Waals surface area contributed by atoms with Gasteiger partial charge in [0.2, 0.25) is 11.7 Å². The highest BCUT2D eigenvalue weighted by atomic mass is 127. The van der Waals surface area contributed by atoms with Crippen molar-refractivity contribution in [2.45, 2.75) is 12.3 Å². The van der Waals surface area contributed by atoms with E-state index in [2.05, 4.69) is 25.8 Å². The molecule has 0 aliphatic rings. The van der Waals surface area contributed by atoms with Crippen molar-refractivity contribution in [3.8, 4) is 11.4 Å². The van der Waals surface area contributed by atoms with Crippen molar-refractivity contribution in [2.24, 2.45) is 4.99 Å². The molecule has 0 bridgehead atoms. The molecule has 3 aromatic rings. The Morgan fingerprint density at radius 3 is 2.67 bits per heavy atom. The molecule has 0 fully saturated rings. The van der Waals surface area contributed by atoms with E-state index in [1.807, 2.05) is 42.5 Å². The fourth-order valence-electron chi connectivity index (χ4n) is 2.84. The predicted molar refractivity (Wildman–Crippen MR) is 129 cm³/mol. The third kappa shape index (κ3) is 6.96. The van der Waals surface area contributed by atoms with Crippen LogP contribution in [0, 0.1) is 0 Å². The molecule has 0 amide bonds. The molecule has 1 heterocycles. The summed E-state index contributed by atoms with van der Waals surface area (Å²) in [6, 6.07) is 17.2. The number of aliphatic imine (C=N–C) groups is 1. The van der Waals surface area contributed by atoms with Gasteiger partial charge in [-0.1, -0.05) is 59.2 Å². The number of rotatable bonds is 8. The maximum atomic E-state index is 9.67. The van der Waals surface area contributed by atoms with Gasteiger partial charge >= 0.3 is 0 Å². The monoisotopic (exact) mass is 541 g/mol. The van der Waals surface area contributed by atoms with E-state index in [4.69, 9.17) is 16.1 Å². The second-order valence-electron chi connectivity index (χ2n) is 6.44. The first-order chi connectivity index (χ1) is 14.2. The van der Waals surface area contributed by atoms with Crippen molar-refractivity contribution in [1.82, 2.24) is 20.8 Å². The number of halogens is 2. The Bertz CT molecular complexity index is 936. The van der Waals surface area contributed by atoms with Crippen molar-refractivity contribution in [2.75, 3.05) is 26.7 Å². The minimum absolute atomic E-state index is 0. The van der Waals surface area contributed by atoms with E-state index in [-0.39, 0.29) is 36.5 Å². The Morgan fingerprint density at radius 1 is 1.17 bits per heavy atom. The summed E-state index contributed by atoms with van der Waals surface area (Å²) in [5.41, 5.74) is 1.89. The quantitative estimate of drug-likeness (QED) is 0.230. The molecule has 30 heavy (non-hydrogen) atoms. The van der Waals surface area contributed by atoms with E-state index < -0.39 is 0 Å². The van der Waals surface area contributed by atoms with Gasteiger partial charge in [-0.25, -0.2) is 0 Å². The summed E-state index contributed by atoms with van der Waals surface area (Å²) in [5, 5.41) is 20.8. The van der Waals surface area contributed by atoms with Crippen molar-refractivity contribution in [3.05, 3.63) is 71.1 Å². The van der Waals surface area contributed by atoms with Gasteiger partial charge in [-0.15, -0.1) is 24.0 Å². The highest BCUT2D eigenvalue weighted by Crippen LogP contribution is 2.20. The lowest BCUT2D eigenvalue weighted by atomic mass is 10.0. The van der Waals surface area contributed by atoms with Crippen LogP contribution in [0.15, 0.2) is 64.1 Å². The van der Waals surface area contributed by atoms with E-state index >= 15 is 0 Å². The molecule has 0 saturated carbocycles. The van der Waals surface area contributed by atoms with Gasteiger partial charge in [0.1, 0.15) is 0 Å². The lowest BCUT2D eigenvalue weighted by Gasteiger charge is -2.17. The smallest absolute Gasteiger partial charge is 0.228 e. The van der Waals surface area contributed by atoms with Crippen LogP contribution in [0.5, 0.6) is 0 Å². The van der Waals surface area contributed by atoms with Crippen LogP contribution < -0.4 is 10.6 Å². The summed E-state index contributed by atoms with van der Waals surface area (Å²) in [4.78, 5) is 8.61. The first-order valence-corrected chi connectivity index (χ1v) is 9.76. The molecule has 0 radical (unpaired) electrons. The van der Waals surface area contributed by atoms with Gasteiger partial charge in [0, 0.05) is 43.1 Å². The molecular weight excluding hydrogens is 517 g/mol. The van der Waals surface area contributed by atoms with E-state index in [0.29, 0.717) is 42.2 Å². The van der Waals surface area contributed by atoms with Crippen molar-refractivity contribution < 1.29 is 9.63 Å². The van der Waals surface area contributed by atoms with Gasteiger partial charge in [-0.3, -0.25) is 4.99 Å². The predicted octanol–water partition coefficient (Wildman–Crippen LogP) is 3.49. The lowest BCUT2D eigenvalue weighted by Crippen LogP contribution is -2.40. The van der Waals surface area contributed by atoms with E-state index in [0.717, 1.165) is 11.1 Å².